The lowest BCUT2D eigenvalue weighted by Crippen LogP contribution is -2.42. The molecular weight excluding hydrogens is 321 g/mol. The highest BCUT2D eigenvalue weighted by atomic mass is 35.5. The van der Waals surface area contributed by atoms with Gasteiger partial charge < -0.3 is 11.1 Å². The van der Waals surface area contributed by atoms with E-state index in [1.165, 1.54) is 12.8 Å². The van der Waals surface area contributed by atoms with Gasteiger partial charge in [-0.15, -0.1) is 24.8 Å². The lowest BCUT2D eigenvalue weighted by Gasteiger charge is -2.24. The molecule has 1 heterocycles. The predicted molar refractivity (Wildman–Crippen MR) is 96.0 cm³/mol. The van der Waals surface area contributed by atoms with E-state index in [1.54, 1.807) is 0 Å². The van der Waals surface area contributed by atoms with Crippen molar-refractivity contribution in [3.8, 4) is 0 Å². The minimum absolute atomic E-state index is 0. The van der Waals surface area contributed by atoms with Gasteiger partial charge in [0.25, 0.3) is 0 Å². The van der Waals surface area contributed by atoms with Crippen LogP contribution in [0, 0.1) is 0 Å². The number of carbonyl (C=O) groups excluding carboxylic acids is 1. The largest absolute Gasteiger partial charge is 0.354 e. The molecule has 1 aromatic rings. The highest BCUT2D eigenvalue weighted by Crippen LogP contribution is 2.17. The van der Waals surface area contributed by atoms with Crippen molar-refractivity contribution in [1.82, 2.24) is 10.2 Å². The molecule has 0 aromatic heterocycles. The van der Waals surface area contributed by atoms with Crippen LogP contribution in [0.15, 0.2) is 30.3 Å². The van der Waals surface area contributed by atoms with Crippen LogP contribution < -0.4 is 11.1 Å². The van der Waals surface area contributed by atoms with Crippen molar-refractivity contribution in [3.05, 3.63) is 35.9 Å². The van der Waals surface area contributed by atoms with E-state index in [1.807, 2.05) is 30.3 Å². The van der Waals surface area contributed by atoms with E-state index in [0.717, 1.165) is 25.2 Å². The van der Waals surface area contributed by atoms with Crippen LogP contribution in [-0.4, -0.2) is 43.0 Å². The van der Waals surface area contributed by atoms with E-state index < -0.39 is 0 Å². The number of carbonyl (C=O) groups is 1. The van der Waals surface area contributed by atoms with Crippen molar-refractivity contribution in [3.63, 3.8) is 0 Å². The standard InChI is InChI=1S/C16H25N3O.2ClH/c1-2-19-10-6-9-14(19)12-18-16(20)15(11-17)13-7-4-3-5-8-13;;/h3-5,7-8,14-15H,2,6,9-12,17H2,1H3,(H,18,20);2*1H. The fraction of sp³-hybridized carbons (Fsp3) is 0.562. The van der Waals surface area contributed by atoms with E-state index in [4.69, 9.17) is 5.73 Å². The third-order valence-electron chi connectivity index (χ3n) is 4.17. The van der Waals surface area contributed by atoms with Gasteiger partial charge in [0, 0.05) is 19.1 Å². The molecule has 2 atom stereocenters. The van der Waals surface area contributed by atoms with Crippen molar-refractivity contribution >= 4 is 30.7 Å². The molecule has 2 rings (SSSR count). The van der Waals surface area contributed by atoms with Crippen LogP contribution in [0.1, 0.15) is 31.2 Å². The van der Waals surface area contributed by atoms with Crippen LogP contribution >= 0.6 is 24.8 Å². The Labute approximate surface area is 145 Å². The molecule has 0 saturated carbocycles. The van der Waals surface area contributed by atoms with Crippen molar-refractivity contribution in [2.45, 2.75) is 31.7 Å². The summed E-state index contributed by atoms with van der Waals surface area (Å²) in [4.78, 5) is 14.7. The first-order valence-corrected chi connectivity index (χ1v) is 7.53. The van der Waals surface area contributed by atoms with Gasteiger partial charge in [0.2, 0.25) is 5.91 Å². The molecule has 22 heavy (non-hydrogen) atoms. The summed E-state index contributed by atoms with van der Waals surface area (Å²) in [6.07, 6.45) is 2.40. The Morgan fingerprint density at radius 3 is 2.64 bits per heavy atom. The highest BCUT2D eigenvalue weighted by Gasteiger charge is 2.25. The molecule has 1 aliphatic heterocycles. The molecule has 1 amide bonds. The third kappa shape index (κ3) is 5.43. The molecule has 1 aliphatic rings. The minimum Gasteiger partial charge on any atom is -0.354 e. The number of rotatable bonds is 6. The Kier molecular flexibility index (Phi) is 10.4. The lowest BCUT2D eigenvalue weighted by atomic mass is 9.98. The van der Waals surface area contributed by atoms with E-state index in [-0.39, 0.29) is 36.6 Å². The van der Waals surface area contributed by atoms with Crippen LogP contribution in [0.3, 0.4) is 0 Å². The number of likely N-dealkylation sites (N-methyl/N-ethyl adjacent to an activating group) is 1. The van der Waals surface area contributed by atoms with E-state index in [0.29, 0.717) is 12.6 Å². The second-order valence-corrected chi connectivity index (χ2v) is 5.37. The molecule has 0 aliphatic carbocycles. The highest BCUT2D eigenvalue weighted by molar-refractivity contribution is 5.85. The molecule has 1 fully saturated rings. The first-order valence-electron chi connectivity index (χ1n) is 7.53. The maximum absolute atomic E-state index is 12.3. The normalized spacial score (nSPS) is 18.9. The first-order chi connectivity index (χ1) is 9.76. The minimum atomic E-state index is -0.243. The third-order valence-corrected chi connectivity index (χ3v) is 4.17. The number of hydrogen-bond acceptors (Lipinski definition) is 3. The van der Waals surface area contributed by atoms with Gasteiger partial charge in [-0.2, -0.15) is 0 Å². The van der Waals surface area contributed by atoms with Crippen molar-refractivity contribution in [2.75, 3.05) is 26.2 Å². The fourth-order valence-corrected chi connectivity index (χ4v) is 2.96. The molecule has 1 saturated heterocycles. The predicted octanol–water partition coefficient (Wildman–Crippen LogP) is 2.17. The summed E-state index contributed by atoms with van der Waals surface area (Å²) in [5.74, 6) is -0.200. The van der Waals surface area contributed by atoms with Gasteiger partial charge in [-0.25, -0.2) is 0 Å². The van der Waals surface area contributed by atoms with Gasteiger partial charge in [-0.3, -0.25) is 9.69 Å². The van der Waals surface area contributed by atoms with Gasteiger partial charge in [0.05, 0.1) is 5.92 Å². The summed E-state index contributed by atoms with van der Waals surface area (Å²) >= 11 is 0. The fourth-order valence-electron chi connectivity index (χ4n) is 2.96. The van der Waals surface area contributed by atoms with Crippen molar-refractivity contribution in [1.29, 1.82) is 0 Å². The maximum Gasteiger partial charge on any atom is 0.228 e. The molecule has 2 unspecified atom stereocenters. The van der Waals surface area contributed by atoms with E-state index >= 15 is 0 Å². The summed E-state index contributed by atoms with van der Waals surface area (Å²) < 4.78 is 0. The molecule has 1 aromatic carbocycles. The van der Waals surface area contributed by atoms with Crippen molar-refractivity contribution in [2.24, 2.45) is 5.73 Å². The number of benzene rings is 1. The summed E-state index contributed by atoms with van der Waals surface area (Å²) in [6, 6.07) is 10.3. The molecule has 0 spiro atoms. The summed E-state index contributed by atoms with van der Waals surface area (Å²) in [5, 5.41) is 3.08. The van der Waals surface area contributed by atoms with Gasteiger partial charge in [0.15, 0.2) is 0 Å². The van der Waals surface area contributed by atoms with E-state index in [9.17, 15) is 4.79 Å². The number of nitrogens with one attached hydrogen (secondary N) is 1. The molecular formula is C16H27Cl2N3O. The van der Waals surface area contributed by atoms with Crippen molar-refractivity contribution < 1.29 is 4.79 Å². The summed E-state index contributed by atoms with van der Waals surface area (Å²) in [6.45, 7) is 5.45. The molecule has 3 N–H and O–H groups in total. The SMILES string of the molecule is CCN1CCCC1CNC(=O)C(CN)c1ccccc1.Cl.Cl. The zero-order valence-electron chi connectivity index (χ0n) is 13.0. The lowest BCUT2D eigenvalue weighted by molar-refractivity contribution is -0.122. The Bertz CT molecular complexity index is 431. The van der Waals surface area contributed by atoms with Crippen LogP contribution in [-0.2, 0) is 4.79 Å². The number of amides is 1. The Balaban J connectivity index is 0.00000220. The Morgan fingerprint density at radius 2 is 2.05 bits per heavy atom. The van der Waals surface area contributed by atoms with Crippen LogP contribution in [0.5, 0.6) is 0 Å². The second kappa shape index (κ2) is 10.8. The van der Waals surface area contributed by atoms with Gasteiger partial charge in [0.1, 0.15) is 0 Å². The number of nitrogens with zero attached hydrogens (tertiary/aromatic N) is 1. The molecule has 126 valence electrons. The average Bonchev–Trinajstić information content (AvgIpc) is 2.94. The zero-order chi connectivity index (χ0) is 14.4. The number of halogens is 2. The number of hydrogen-bond donors (Lipinski definition) is 2. The quantitative estimate of drug-likeness (QED) is 0.828. The molecule has 6 heteroatoms. The van der Waals surface area contributed by atoms with E-state index in [2.05, 4.69) is 17.1 Å². The van der Waals surface area contributed by atoms with Gasteiger partial charge in [-0.05, 0) is 31.5 Å². The number of likely N-dealkylation sites (tertiary alicyclic amines) is 1. The zero-order valence-corrected chi connectivity index (χ0v) is 14.7. The smallest absolute Gasteiger partial charge is 0.228 e. The molecule has 4 nitrogen and oxygen atoms in total. The molecule has 0 radical (unpaired) electrons. The maximum atomic E-state index is 12.3. The summed E-state index contributed by atoms with van der Waals surface area (Å²) in [5.41, 5.74) is 6.76. The van der Waals surface area contributed by atoms with Gasteiger partial charge in [-0.1, -0.05) is 37.3 Å². The monoisotopic (exact) mass is 347 g/mol. The Morgan fingerprint density at radius 1 is 1.36 bits per heavy atom. The van der Waals surface area contributed by atoms with Gasteiger partial charge >= 0.3 is 0 Å². The Hall–Kier alpha value is -0.810. The van der Waals surface area contributed by atoms with Crippen LogP contribution in [0.4, 0.5) is 0 Å². The number of nitrogens with two attached hydrogens (primary N) is 1. The topological polar surface area (TPSA) is 58.4 Å². The van der Waals surface area contributed by atoms with Crippen LogP contribution in [0.25, 0.3) is 0 Å². The molecule has 0 bridgehead atoms. The average molecular weight is 348 g/mol. The van der Waals surface area contributed by atoms with Crippen LogP contribution in [0.2, 0.25) is 0 Å². The second-order valence-electron chi connectivity index (χ2n) is 5.37. The summed E-state index contributed by atoms with van der Waals surface area (Å²) in [7, 11) is 0. The first kappa shape index (κ1) is 21.2.